The molecule has 3 fully saturated rings. The molecule has 0 aliphatic carbocycles. The second-order valence-corrected chi connectivity index (χ2v) is 8.13. The predicted octanol–water partition coefficient (Wildman–Crippen LogP) is 1.95. The highest BCUT2D eigenvalue weighted by Crippen LogP contribution is 2.39. The maximum atomic E-state index is 11.9. The summed E-state index contributed by atoms with van der Waals surface area (Å²) in [6, 6.07) is 7.30. The fourth-order valence-electron chi connectivity index (χ4n) is 4.43. The van der Waals surface area contributed by atoms with E-state index in [-0.39, 0.29) is 11.9 Å². The molecule has 3 saturated heterocycles. The minimum absolute atomic E-state index is 0.215. The van der Waals surface area contributed by atoms with E-state index in [0.717, 1.165) is 30.9 Å². The smallest absolute Gasteiger partial charge is 0.317 e. The van der Waals surface area contributed by atoms with Crippen LogP contribution >= 0.6 is 0 Å². The predicted molar refractivity (Wildman–Crippen MR) is 109 cm³/mol. The summed E-state index contributed by atoms with van der Waals surface area (Å²) in [7, 11) is 0. The number of urea groups is 1. The first-order chi connectivity index (χ1) is 13.6. The Labute approximate surface area is 166 Å². The van der Waals surface area contributed by atoms with Crippen molar-refractivity contribution >= 4 is 17.6 Å². The Morgan fingerprint density at radius 3 is 2.36 bits per heavy atom. The number of piperidine rings is 2. The molecule has 148 valence electrons. The number of nitrogens with one attached hydrogen (secondary N) is 2. The molecule has 6 heteroatoms. The fraction of sp³-hybridized carbons (Fsp3) is 0.545. The van der Waals surface area contributed by atoms with Gasteiger partial charge in [-0.15, -0.1) is 0 Å². The van der Waals surface area contributed by atoms with Crippen LogP contribution in [0.3, 0.4) is 0 Å². The first kappa shape index (κ1) is 19.0. The molecule has 2 N–H and O–H groups in total. The second kappa shape index (κ2) is 8.34. The summed E-state index contributed by atoms with van der Waals surface area (Å²) in [5.41, 5.74) is 2.32. The van der Waals surface area contributed by atoms with Crippen molar-refractivity contribution in [1.82, 2.24) is 15.5 Å². The zero-order valence-electron chi connectivity index (χ0n) is 16.3. The van der Waals surface area contributed by atoms with Gasteiger partial charge in [-0.3, -0.25) is 19.9 Å². The number of rotatable bonds is 2. The number of amides is 3. The lowest BCUT2D eigenvalue weighted by Gasteiger charge is -2.44. The van der Waals surface area contributed by atoms with E-state index in [1.54, 1.807) is 4.90 Å². The molecule has 3 heterocycles. The lowest BCUT2D eigenvalue weighted by atomic mass is 9.71. The first-order valence-corrected chi connectivity index (χ1v) is 10.3. The third-order valence-corrected chi connectivity index (χ3v) is 6.35. The van der Waals surface area contributed by atoms with Crippen LogP contribution in [0.5, 0.6) is 0 Å². The Morgan fingerprint density at radius 1 is 0.964 bits per heavy atom. The maximum Gasteiger partial charge on any atom is 0.328 e. The molecule has 3 aliphatic rings. The number of carbonyl (C=O) groups is 2. The summed E-state index contributed by atoms with van der Waals surface area (Å²) in [6.07, 6.45) is 5.57. The van der Waals surface area contributed by atoms with Gasteiger partial charge in [0.15, 0.2) is 0 Å². The summed E-state index contributed by atoms with van der Waals surface area (Å²) in [5.74, 6) is 6.32. The van der Waals surface area contributed by atoms with Gasteiger partial charge in [0.2, 0.25) is 5.91 Å². The molecule has 0 radical (unpaired) electrons. The Balaban J connectivity index is 1.28. The van der Waals surface area contributed by atoms with E-state index in [4.69, 9.17) is 0 Å². The molecule has 0 aromatic heterocycles. The van der Waals surface area contributed by atoms with Gasteiger partial charge in [-0.2, -0.15) is 0 Å². The molecule has 1 aromatic carbocycles. The van der Waals surface area contributed by atoms with Gasteiger partial charge < -0.3 is 5.32 Å². The average Bonchev–Trinajstić information content (AvgIpc) is 2.71. The highest BCUT2D eigenvalue weighted by Gasteiger charge is 2.35. The second-order valence-electron chi connectivity index (χ2n) is 8.13. The van der Waals surface area contributed by atoms with Crippen molar-refractivity contribution in [3.8, 4) is 11.8 Å². The molecular weight excluding hydrogens is 352 g/mol. The van der Waals surface area contributed by atoms with Crippen molar-refractivity contribution in [2.75, 3.05) is 44.2 Å². The molecule has 0 bridgehead atoms. The lowest BCUT2D eigenvalue weighted by molar-refractivity contribution is -0.120. The van der Waals surface area contributed by atoms with E-state index in [2.05, 4.69) is 27.4 Å². The summed E-state index contributed by atoms with van der Waals surface area (Å²) in [4.78, 5) is 27.2. The number of nitrogens with zero attached hydrogens (tertiary/aromatic N) is 2. The molecule has 1 spiro atoms. The fourth-order valence-corrected chi connectivity index (χ4v) is 4.43. The highest BCUT2D eigenvalue weighted by molar-refractivity contribution is 6.05. The topological polar surface area (TPSA) is 64.7 Å². The highest BCUT2D eigenvalue weighted by atomic mass is 16.2. The molecular formula is C22H28N4O2. The van der Waals surface area contributed by atoms with Gasteiger partial charge in [0.25, 0.3) is 0 Å². The lowest BCUT2D eigenvalue weighted by Crippen LogP contribution is -2.49. The van der Waals surface area contributed by atoms with E-state index in [1.165, 1.54) is 38.8 Å². The number of carbonyl (C=O) groups excluding carboxylic acids is 2. The molecule has 3 aliphatic heterocycles. The normalized spacial score (nSPS) is 22.5. The molecule has 28 heavy (non-hydrogen) atoms. The minimum Gasteiger partial charge on any atom is -0.317 e. The van der Waals surface area contributed by atoms with Crippen LogP contribution in [0.15, 0.2) is 24.3 Å². The first-order valence-electron chi connectivity index (χ1n) is 10.3. The van der Waals surface area contributed by atoms with Crippen LogP contribution in [0.2, 0.25) is 0 Å². The third kappa shape index (κ3) is 4.37. The van der Waals surface area contributed by atoms with E-state index < -0.39 is 0 Å². The summed E-state index contributed by atoms with van der Waals surface area (Å²) < 4.78 is 0. The van der Waals surface area contributed by atoms with Gasteiger partial charge >= 0.3 is 6.03 Å². The molecule has 0 unspecified atom stereocenters. The van der Waals surface area contributed by atoms with Crippen LogP contribution in [0.4, 0.5) is 10.5 Å². The van der Waals surface area contributed by atoms with Crippen LogP contribution in [0, 0.1) is 17.3 Å². The Kier molecular flexibility index (Phi) is 5.65. The SMILES string of the molecule is O=C1CCN(c2ccc(C#CCN3CCC4(CCNCC4)CC3)cc2)C(=O)N1. The van der Waals surface area contributed by atoms with E-state index in [1.807, 2.05) is 24.3 Å². The average molecular weight is 380 g/mol. The van der Waals surface area contributed by atoms with Crippen LogP contribution in [-0.4, -0.2) is 56.1 Å². The summed E-state index contributed by atoms with van der Waals surface area (Å²) in [6.45, 7) is 5.87. The molecule has 0 saturated carbocycles. The number of benzene rings is 1. The Hall–Kier alpha value is -2.36. The van der Waals surface area contributed by atoms with Gasteiger partial charge in [0.1, 0.15) is 0 Å². The van der Waals surface area contributed by atoms with E-state index >= 15 is 0 Å². The van der Waals surface area contributed by atoms with Gasteiger partial charge in [-0.25, -0.2) is 4.79 Å². The number of anilines is 1. The van der Waals surface area contributed by atoms with Crippen LogP contribution in [0.1, 0.15) is 37.7 Å². The molecule has 1 aromatic rings. The van der Waals surface area contributed by atoms with Crippen molar-refractivity contribution < 1.29 is 9.59 Å². The van der Waals surface area contributed by atoms with Crippen molar-refractivity contribution in [1.29, 1.82) is 0 Å². The monoisotopic (exact) mass is 380 g/mol. The van der Waals surface area contributed by atoms with E-state index in [9.17, 15) is 9.59 Å². The standard InChI is InChI=1S/C22H28N4O2/c27-20-7-15-26(21(28)24-20)19-5-3-18(4-6-19)2-1-14-25-16-10-22(11-17-25)8-12-23-13-9-22/h3-6,23H,7-17H2,(H,24,27,28). The Morgan fingerprint density at radius 2 is 1.68 bits per heavy atom. The maximum absolute atomic E-state index is 11.9. The Bertz CT molecular complexity index is 777. The van der Waals surface area contributed by atoms with Gasteiger partial charge in [-0.1, -0.05) is 11.8 Å². The van der Waals surface area contributed by atoms with Crippen molar-refractivity contribution in [3.05, 3.63) is 29.8 Å². The summed E-state index contributed by atoms with van der Waals surface area (Å²) in [5, 5.41) is 5.82. The number of imide groups is 1. The zero-order valence-corrected chi connectivity index (χ0v) is 16.3. The molecule has 3 amide bonds. The molecule has 4 rings (SSSR count). The third-order valence-electron chi connectivity index (χ3n) is 6.35. The van der Waals surface area contributed by atoms with Crippen LogP contribution in [0.25, 0.3) is 0 Å². The van der Waals surface area contributed by atoms with E-state index in [0.29, 0.717) is 18.4 Å². The minimum atomic E-state index is -0.355. The molecule has 6 nitrogen and oxygen atoms in total. The largest absolute Gasteiger partial charge is 0.328 e. The number of hydrogen-bond acceptors (Lipinski definition) is 4. The van der Waals surface area contributed by atoms with Gasteiger partial charge in [0.05, 0.1) is 6.54 Å². The van der Waals surface area contributed by atoms with Crippen molar-refractivity contribution in [3.63, 3.8) is 0 Å². The van der Waals surface area contributed by atoms with Gasteiger partial charge in [0, 0.05) is 24.2 Å². The number of likely N-dealkylation sites (tertiary alicyclic amines) is 1. The quantitative estimate of drug-likeness (QED) is 0.770. The van der Waals surface area contributed by atoms with Gasteiger partial charge in [-0.05, 0) is 81.5 Å². The van der Waals surface area contributed by atoms with Crippen LogP contribution in [-0.2, 0) is 4.79 Å². The van der Waals surface area contributed by atoms with Crippen LogP contribution < -0.4 is 15.5 Å². The summed E-state index contributed by atoms with van der Waals surface area (Å²) >= 11 is 0. The van der Waals surface area contributed by atoms with Crippen molar-refractivity contribution in [2.45, 2.75) is 32.1 Å². The van der Waals surface area contributed by atoms with Crippen molar-refractivity contribution in [2.24, 2.45) is 5.41 Å². The zero-order chi connectivity index (χ0) is 19.4. The molecule has 0 atom stereocenters. The number of hydrogen-bond donors (Lipinski definition) is 2.